The Labute approximate surface area is 116 Å². The van der Waals surface area contributed by atoms with Crippen molar-refractivity contribution in [3.05, 3.63) is 42.5 Å². The van der Waals surface area contributed by atoms with E-state index in [1.807, 2.05) is 0 Å². The second-order valence-electron chi connectivity index (χ2n) is 4.36. The fourth-order valence-corrected chi connectivity index (χ4v) is 1.81. The number of unbranched alkanes of at least 4 members (excludes halogenated alkanes) is 1. The van der Waals surface area contributed by atoms with Gasteiger partial charge in [0.05, 0.1) is 11.9 Å². The van der Waals surface area contributed by atoms with Gasteiger partial charge in [-0.3, -0.25) is 4.79 Å². The molecule has 2 rings (SSSR count). The number of benzene rings is 1. The number of imidazole rings is 1. The molecule has 0 atom stereocenters. The van der Waals surface area contributed by atoms with Crippen molar-refractivity contribution in [2.75, 3.05) is 13.2 Å². The highest BCUT2D eigenvalue weighted by atomic mass is 16.3. The van der Waals surface area contributed by atoms with Gasteiger partial charge < -0.3 is 20.1 Å². The molecule has 0 saturated heterocycles. The Hall–Kier alpha value is -2.34. The van der Waals surface area contributed by atoms with Gasteiger partial charge in [0, 0.05) is 31.2 Å². The van der Waals surface area contributed by atoms with Gasteiger partial charge in [0.1, 0.15) is 5.75 Å². The molecule has 0 fully saturated rings. The van der Waals surface area contributed by atoms with Crippen molar-refractivity contribution in [2.24, 2.45) is 0 Å². The predicted molar refractivity (Wildman–Crippen MR) is 73.9 cm³/mol. The molecule has 1 aromatic carbocycles. The van der Waals surface area contributed by atoms with E-state index in [0.29, 0.717) is 19.4 Å². The summed E-state index contributed by atoms with van der Waals surface area (Å²) < 4.78 is 1.75. The Bertz CT molecular complexity index is 567. The molecule has 0 saturated carbocycles. The zero-order valence-corrected chi connectivity index (χ0v) is 11.0. The maximum absolute atomic E-state index is 12.0. The van der Waals surface area contributed by atoms with Crippen LogP contribution in [0.2, 0.25) is 0 Å². The molecule has 0 aliphatic heterocycles. The molecule has 3 N–H and O–H groups in total. The molecule has 106 valence electrons. The van der Waals surface area contributed by atoms with Gasteiger partial charge in [-0.05, 0) is 31.0 Å². The molecular weight excluding hydrogens is 258 g/mol. The summed E-state index contributed by atoms with van der Waals surface area (Å²) in [7, 11) is 0. The van der Waals surface area contributed by atoms with Crippen LogP contribution in [0.5, 0.6) is 5.75 Å². The van der Waals surface area contributed by atoms with Crippen LogP contribution in [0.25, 0.3) is 5.69 Å². The number of aliphatic hydroxyl groups is 1. The molecule has 0 aliphatic rings. The normalized spacial score (nSPS) is 10.4. The molecule has 0 spiro atoms. The number of aliphatic hydroxyl groups excluding tert-OH is 1. The minimum atomic E-state index is -0.331. The Balaban J connectivity index is 2.10. The van der Waals surface area contributed by atoms with E-state index in [2.05, 4.69) is 10.3 Å². The summed E-state index contributed by atoms with van der Waals surface area (Å²) in [6.07, 6.45) is 6.36. The average Bonchev–Trinajstić information content (AvgIpc) is 2.98. The molecule has 0 aliphatic carbocycles. The van der Waals surface area contributed by atoms with Crippen molar-refractivity contribution in [1.82, 2.24) is 14.9 Å². The highest BCUT2D eigenvalue weighted by Gasteiger charge is 2.12. The second-order valence-corrected chi connectivity index (χ2v) is 4.36. The molecule has 0 unspecified atom stereocenters. The first-order valence-corrected chi connectivity index (χ1v) is 6.43. The molecule has 1 heterocycles. The van der Waals surface area contributed by atoms with Crippen LogP contribution >= 0.6 is 0 Å². The fourth-order valence-electron chi connectivity index (χ4n) is 1.81. The standard InChI is InChI=1S/C14H17N3O3/c18-8-2-1-5-16-14(20)12-9-11(3-4-13(12)19)17-7-6-15-10-17/h3-4,6-7,9-10,18-19H,1-2,5,8H2,(H,16,20). The quantitative estimate of drug-likeness (QED) is 0.688. The lowest BCUT2D eigenvalue weighted by Crippen LogP contribution is -2.24. The van der Waals surface area contributed by atoms with Crippen LogP contribution in [-0.4, -0.2) is 38.8 Å². The van der Waals surface area contributed by atoms with Gasteiger partial charge in [-0.25, -0.2) is 4.98 Å². The molecule has 1 aromatic heterocycles. The van der Waals surface area contributed by atoms with Gasteiger partial charge in [-0.15, -0.1) is 0 Å². The fraction of sp³-hybridized carbons (Fsp3) is 0.286. The van der Waals surface area contributed by atoms with Gasteiger partial charge in [0.25, 0.3) is 5.91 Å². The predicted octanol–water partition coefficient (Wildman–Crippen LogP) is 1.08. The van der Waals surface area contributed by atoms with Crippen molar-refractivity contribution in [1.29, 1.82) is 0 Å². The van der Waals surface area contributed by atoms with E-state index in [-0.39, 0.29) is 23.8 Å². The Morgan fingerprint density at radius 1 is 1.35 bits per heavy atom. The van der Waals surface area contributed by atoms with Gasteiger partial charge in [-0.2, -0.15) is 0 Å². The van der Waals surface area contributed by atoms with Gasteiger partial charge in [0.2, 0.25) is 0 Å². The van der Waals surface area contributed by atoms with Gasteiger partial charge >= 0.3 is 0 Å². The summed E-state index contributed by atoms with van der Waals surface area (Å²) in [4.78, 5) is 15.9. The zero-order valence-electron chi connectivity index (χ0n) is 11.0. The number of hydrogen-bond donors (Lipinski definition) is 3. The number of aromatic hydroxyl groups is 1. The van der Waals surface area contributed by atoms with E-state index in [1.165, 1.54) is 6.07 Å². The van der Waals surface area contributed by atoms with E-state index in [1.54, 1.807) is 35.4 Å². The van der Waals surface area contributed by atoms with E-state index in [0.717, 1.165) is 5.69 Å². The number of nitrogens with one attached hydrogen (secondary N) is 1. The SMILES string of the molecule is O=C(NCCCCO)c1cc(-n2ccnc2)ccc1O. The number of carbonyl (C=O) groups excluding carboxylic acids is 1. The minimum Gasteiger partial charge on any atom is -0.507 e. The molecule has 6 heteroatoms. The van der Waals surface area contributed by atoms with Crippen LogP contribution in [0.1, 0.15) is 23.2 Å². The summed E-state index contributed by atoms with van der Waals surface area (Å²) >= 11 is 0. The summed E-state index contributed by atoms with van der Waals surface area (Å²) in [5.74, 6) is -0.393. The molecule has 0 radical (unpaired) electrons. The molecule has 2 aromatic rings. The number of hydrogen-bond acceptors (Lipinski definition) is 4. The van der Waals surface area contributed by atoms with E-state index < -0.39 is 0 Å². The molecule has 20 heavy (non-hydrogen) atoms. The molecule has 6 nitrogen and oxygen atoms in total. The van der Waals surface area contributed by atoms with Crippen molar-refractivity contribution in [3.63, 3.8) is 0 Å². The lowest BCUT2D eigenvalue weighted by molar-refractivity contribution is 0.0949. The minimum absolute atomic E-state index is 0.0616. The summed E-state index contributed by atoms with van der Waals surface area (Å²) in [5.41, 5.74) is 0.973. The number of carbonyl (C=O) groups is 1. The first-order valence-electron chi connectivity index (χ1n) is 6.43. The van der Waals surface area contributed by atoms with Crippen molar-refractivity contribution in [3.8, 4) is 11.4 Å². The highest BCUT2D eigenvalue weighted by Crippen LogP contribution is 2.20. The Morgan fingerprint density at radius 3 is 2.90 bits per heavy atom. The maximum Gasteiger partial charge on any atom is 0.255 e. The first-order chi connectivity index (χ1) is 9.72. The van der Waals surface area contributed by atoms with Crippen molar-refractivity contribution in [2.45, 2.75) is 12.8 Å². The molecule has 1 amide bonds. The number of nitrogens with zero attached hydrogens (tertiary/aromatic N) is 2. The third-order valence-corrected chi connectivity index (χ3v) is 2.90. The number of amides is 1. The van der Waals surface area contributed by atoms with Gasteiger partial charge in [0.15, 0.2) is 0 Å². The largest absolute Gasteiger partial charge is 0.507 e. The van der Waals surface area contributed by atoms with Crippen molar-refractivity contribution < 1.29 is 15.0 Å². The topological polar surface area (TPSA) is 87.4 Å². The van der Waals surface area contributed by atoms with Gasteiger partial charge in [-0.1, -0.05) is 0 Å². The van der Waals surface area contributed by atoms with Crippen LogP contribution in [0.4, 0.5) is 0 Å². The van der Waals surface area contributed by atoms with Crippen LogP contribution in [0, 0.1) is 0 Å². The summed E-state index contributed by atoms with van der Waals surface area (Å²) in [6.45, 7) is 0.575. The van der Waals surface area contributed by atoms with Crippen LogP contribution < -0.4 is 5.32 Å². The zero-order chi connectivity index (χ0) is 14.4. The summed E-state index contributed by atoms with van der Waals surface area (Å²) in [5, 5.41) is 21.2. The lowest BCUT2D eigenvalue weighted by Gasteiger charge is -2.09. The second kappa shape index (κ2) is 6.72. The Kier molecular flexibility index (Phi) is 4.73. The third-order valence-electron chi connectivity index (χ3n) is 2.90. The lowest BCUT2D eigenvalue weighted by atomic mass is 10.1. The Morgan fingerprint density at radius 2 is 2.20 bits per heavy atom. The highest BCUT2D eigenvalue weighted by molar-refractivity contribution is 5.97. The van der Waals surface area contributed by atoms with Crippen LogP contribution in [0.3, 0.4) is 0 Å². The number of aromatic nitrogens is 2. The summed E-state index contributed by atoms with van der Waals surface area (Å²) in [6, 6.07) is 4.80. The maximum atomic E-state index is 12.0. The van der Waals surface area contributed by atoms with E-state index in [9.17, 15) is 9.90 Å². The van der Waals surface area contributed by atoms with Crippen LogP contribution in [0.15, 0.2) is 36.9 Å². The molecular formula is C14H17N3O3. The smallest absolute Gasteiger partial charge is 0.255 e. The number of phenolic OH excluding ortho intramolecular Hbond substituents is 1. The average molecular weight is 275 g/mol. The third kappa shape index (κ3) is 3.36. The monoisotopic (exact) mass is 275 g/mol. The van der Waals surface area contributed by atoms with E-state index in [4.69, 9.17) is 5.11 Å². The number of phenols is 1. The molecule has 0 bridgehead atoms. The first kappa shape index (κ1) is 14.1. The number of rotatable bonds is 6. The van der Waals surface area contributed by atoms with E-state index >= 15 is 0 Å². The van der Waals surface area contributed by atoms with Crippen LogP contribution in [-0.2, 0) is 0 Å². The van der Waals surface area contributed by atoms with Crippen molar-refractivity contribution >= 4 is 5.91 Å².